The Kier molecular flexibility index (Phi) is 5.96. The van der Waals surface area contributed by atoms with Crippen molar-refractivity contribution in [2.24, 2.45) is 5.73 Å². The van der Waals surface area contributed by atoms with Crippen LogP contribution >= 0.6 is 0 Å². The molecule has 0 bridgehead atoms. The zero-order valence-corrected chi connectivity index (χ0v) is 15.7. The molecule has 7 heteroatoms. The molecular formula is C21H23N3O4. The van der Waals surface area contributed by atoms with E-state index in [4.69, 9.17) is 10.5 Å². The van der Waals surface area contributed by atoms with Gasteiger partial charge in [-0.1, -0.05) is 30.3 Å². The number of carbonyl (C=O) groups is 2. The van der Waals surface area contributed by atoms with Crippen molar-refractivity contribution < 1.29 is 19.4 Å². The Morgan fingerprint density at radius 2 is 1.89 bits per heavy atom. The number of aliphatic hydroxyl groups excluding tert-OH is 1. The molecule has 0 aliphatic carbocycles. The zero-order chi connectivity index (χ0) is 20.1. The first kappa shape index (κ1) is 19.4. The van der Waals surface area contributed by atoms with E-state index in [1.54, 1.807) is 30.2 Å². The van der Waals surface area contributed by atoms with Crippen LogP contribution in [-0.2, 0) is 16.1 Å². The van der Waals surface area contributed by atoms with Gasteiger partial charge in [-0.05, 0) is 29.8 Å². The first-order valence-electron chi connectivity index (χ1n) is 8.93. The van der Waals surface area contributed by atoms with E-state index in [9.17, 15) is 14.7 Å². The molecule has 2 aromatic carbocycles. The third-order valence-electron chi connectivity index (χ3n) is 4.64. The molecule has 0 atom stereocenters. The SMILES string of the molecule is COc1ccc(CN2CCN(c3ccccc3/C=C(\O)C(N)=O)C(=O)C2)cc1. The van der Waals surface area contributed by atoms with Gasteiger partial charge in [-0.25, -0.2) is 0 Å². The number of nitrogens with zero attached hydrogens (tertiary/aromatic N) is 2. The van der Waals surface area contributed by atoms with Gasteiger partial charge in [0, 0.05) is 25.2 Å². The number of hydrogen-bond acceptors (Lipinski definition) is 5. The van der Waals surface area contributed by atoms with Crippen molar-refractivity contribution in [2.45, 2.75) is 6.54 Å². The van der Waals surface area contributed by atoms with E-state index >= 15 is 0 Å². The smallest absolute Gasteiger partial charge is 0.283 e. The van der Waals surface area contributed by atoms with Gasteiger partial charge in [0.25, 0.3) is 5.91 Å². The second kappa shape index (κ2) is 8.58. The zero-order valence-electron chi connectivity index (χ0n) is 15.7. The molecule has 1 aliphatic rings. The number of hydrogen-bond donors (Lipinski definition) is 2. The molecule has 1 fully saturated rings. The van der Waals surface area contributed by atoms with Crippen LogP contribution in [0.5, 0.6) is 5.75 Å². The fraction of sp³-hybridized carbons (Fsp3) is 0.238. The molecule has 0 radical (unpaired) electrons. The number of piperazine rings is 1. The lowest BCUT2D eigenvalue weighted by Gasteiger charge is -2.35. The summed E-state index contributed by atoms with van der Waals surface area (Å²) in [6, 6.07) is 14.9. The van der Waals surface area contributed by atoms with Gasteiger partial charge in [-0.2, -0.15) is 0 Å². The summed E-state index contributed by atoms with van der Waals surface area (Å²) in [5, 5.41) is 9.68. The van der Waals surface area contributed by atoms with E-state index < -0.39 is 11.7 Å². The molecule has 1 heterocycles. The van der Waals surface area contributed by atoms with Gasteiger partial charge in [-0.15, -0.1) is 0 Å². The minimum absolute atomic E-state index is 0.0424. The normalized spacial score (nSPS) is 15.5. The quantitative estimate of drug-likeness (QED) is 0.589. The highest BCUT2D eigenvalue weighted by Gasteiger charge is 2.26. The number of nitrogens with two attached hydrogens (primary N) is 1. The van der Waals surface area contributed by atoms with E-state index in [-0.39, 0.29) is 12.5 Å². The minimum atomic E-state index is -0.912. The first-order chi connectivity index (χ1) is 13.5. The molecule has 28 heavy (non-hydrogen) atoms. The Morgan fingerprint density at radius 1 is 1.18 bits per heavy atom. The lowest BCUT2D eigenvalue weighted by atomic mass is 10.1. The monoisotopic (exact) mass is 381 g/mol. The summed E-state index contributed by atoms with van der Waals surface area (Å²) >= 11 is 0. The average molecular weight is 381 g/mol. The Balaban J connectivity index is 1.71. The molecule has 0 aromatic heterocycles. The standard InChI is InChI=1S/C21H23N3O4/c1-28-17-8-6-15(7-9-17)13-23-10-11-24(20(26)14-23)18-5-3-2-4-16(18)12-19(25)21(22)27/h2-9,12,25H,10-11,13-14H2,1H3,(H2,22,27)/b19-12-. The topological polar surface area (TPSA) is 96.1 Å². The van der Waals surface area contributed by atoms with Crippen molar-refractivity contribution in [1.29, 1.82) is 0 Å². The van der Waals surface area contributed by atoms with Crippen LogP contribution in [0.1, 0.15) is 11.1 Å². The van der Waals surface area contributed by atoms with Gasteiger partial charge in [-0.3, -0.25) is 14.5 Å². The predicted octanol–water partition coefficient (Wildman–Crippen LogP) is 1.93. The van der Waals surface area contributed by atoms with E-state index in [0.717, 1.165) is 11.3 Å². The number of amides is 2. The van der Waals surface area contributed by atoms with Crippen molar-refractivity contribution in [3.8, 4) is 5.75 Å². The largest absolute Gasteiger partial charge is 0.503 e. The van der Waals surface area contributed by atoms with Crippen LogP contribution < -0.4 is 15.4 Å². The second-order valence-electron chi connectivity index (χ2n) is 6.56. The lowest BCUT2D eigenvalue weighted by molar-refractivity contribution is -0.121. The van der Waals surface area contributed by atoms with Crippen molar-refractivity contribution in [3.05, 3.63) is 65.4 Å². The van der Waals surface area contributed by atoms with Crippen LogP contribution in [0.2, 0.25) is 0 Å². The van der Waals surface area contributed by atoms with Crippen LogP contribution in [0, 0.1) is 0 Å². The molecule has 1 aliphatic heterocycles. The van der Waals surface area contributed by atoms with E-state index in [1.807, 2.05) is 30.3 Å². The molecular weight excluding hydrogens is 358 g/mol. The maximum atomic E-state index is 12.8. The maximum Gasteiger partial charge on any atom is 0.283 e. The molecule has 146 valence electrons. The number of anilines is 1. The fourth-order valence-corrected chi connectivity index (χ4v) is 3.17. The molecule has 1 saturated heterocycles. The molecule has 7 nitrogen and oxygen atoms in total. The average Bonchev–Trinajstić information content (AvgIpc) is 2.69. The van der Waals surface area contributed by atoms with Gasteiger partial charge in [0.2, 0.25) is 5.91 Å². The third-order valence-corrected chi connectivity index (χ3v) is 4.64. The number of aliphatic hydroxyl groups is 1. The maximum absolute atomic E-state index is 12.8. The number of primary amides is 1. The summed E-state index contributed by atoms with van der Waals surface area (Å²) in [5.74, 6) is -0.698. The highest BCUT2D eigenvalue weighted by Crippen LogP contribution is 2.25. The summed E-state index contributed by atoms with van der Waals surface area (Å²) in [6.07, 6.45) is 1.29. The van der Waals surface area contributed by atoms with E-state index in [1.165, 1.54) is 6.08 Å². The van der Waals surface area contributed by atoms with Crippen LogP contribution in [0.3, 0.4) is 0 Å². The summed E-state index contributed by atoms with van der Waals surface area (Å²) in [5.41, 5.74) is 7.41. The molecule has 0 spiro atoms. The molecule has 3 rings (SSSR count). The first-order valence-corrected chi connectivity index (χ1v) is 8.93. The number of ether oxygens (including phenoxy) is 1. The summed E-state index contributed by atoms with van der Waals surface area (Å²) in [6.45, 7) is 2.17. The molecule has 2 amide bonds. The van der Waals surface area contributed by atoms with Crippen molar-refractivity contribution >= 4 is 23.6 Å². The van der Waals surface area contributed by atoms with Gasteiger partial charge >= 0.3 is 0 Å². The molecule has 2 aromatic rings. The highest BCUT2D eigenvalue weighted by atomic mass is 16.5. The molecule has 3 N–H and O–H groups in total. The summed E-state index contributed by atoms with van der Waals surface area (Å²) in [7, 11) is 1.63. The molecule has 0 unspecified atom stereocenters. The second-order valence-corrected chi connectivity index (χ2v) is 6.56. The minimum Gasteiger partial charge on any atom is -0.503 e. The fourth-order valence-electron chi connectivity index (χ4n) is 3.17. The summed E-state index contributed by atoms with van der Waals surface area (Å²) < 4.78 is 5.17. The van der Waals surface area contributed by atoms with Crippen LogP contribution in [-0.4, -0.2) is 48.6 Å². The number of rotatable bonds is 6. The lowest BCUT2D eigenvalue weighted by Crippen LogP contribution is -2.50. The van der Waals surface area contributed by atoms with Crippen molar-refractivity contribution in [3.63, 3.8) is 0 Å². The predicted molar refractivity (Wildman–Crippen MR) is 107 cm³/mol. The van der Waals surface area contributed by atoms with Crippen LogP contribution in [0.4, 0.5) is 5.69 Å². The van der Waals surface area contributed by atoms with Gasteiger partial charge in [0.15, 0.2) is 5.76 Å². The highest BCUT2D eigenvalue weighted by molar-refractivity contribution is 5.99. The van der Waals surface area contributed by atoms with Gasteiger partial charge < -0.3 is 20.5 Å². The molecule has 0 saturated carbocycles. The summed E-state index contributed by atoms with van der Waals surface area (Å²) in [4.78, 5) is 27.6. The number of carbonyl (C=O) groups excluding carboxylic acids is 2. The Hall–Kier alpha value is -3.32. The van der Waals surface area contributed by atoms with Crippen LogP contribution in [0.15, 0.2) is 54.3 Å². The Morgan fingerprint density at radius 3 is 2.54 bits per heavy atom. The number of methoxy groups -OCH3 is 1. The van der Waals surface area contributed by atoms with Crippen molar-refractivity contribution in [2.75, 3.05) is 31.6 Å². The number of benzene rings is 2. The van der Waals surface area contributed by atoms with Crippen LogP contribution in [0.25, 0.3) is 6.08 Å². The Bertz CT molecular complexity index is 893. The Labute approximate surface area is 163 Å². The van der Waals surface area contributed by atoms with E-state index in [0.29, 0.717) is 30.9 Å². The third kappa shape index (κ3) is 4.50. The number of para-hydroxylation sites is 1. The van der Waals surface area contributed by atoms with Gasteiger partial charge in [0.1, 0.15) is 5.75 Å². The van der Waals surface area contributed by atoms with Gasteiger partial charge in [0.05, 0.1) is 19.3 Å². The van der Waals surface area contributed by atoms with E-state index in [2.05, 4.69) is 4.90 Å². The van der Waals surface area contributed by atoms with Crippen molar-refractivity contribution in [1.82, 2.24) is 4.90 Å².